The Bertz CT molecular complexity index is 1260. The number of benzene rings is 1. The zero-order valence-corrected chi connectivity index (χ0v) is 21.6. The number of aliphatic carboxylic acids is 1. The molecule has 0 aliphatic carbocycles. The summed E-state index contributed by atoms with van der Waals surface area (Å²) in [5.74, 6) is -2.50. The average molecular weight is 542 g/mol. The molecule has 202 valence electrons. The number of carboxylic acids is 1. The topological polar surface area (TPSA) is 135 Å². The van der Waals surface area contributed by atoms with Crippen LogP contribution in [0.3, 0.4) is 0 Å². The summed E-state index contributed by atoms with van der Waals surface area (Å²) >= 11 is 0. The highest BCUT2D eigenvalue weighted by molar-refractivity contribution is 7.89. The first-order valence-corrected chi connectivity index (χ1v) is 12.9. The molecule has 37 heavy (non-hydrogen) atoms. The van der Waals surface area contributed by atoms with Gasteiger partial charge in [0.05, 0.1) is 6.42 Å². The lowest BCUT2D eigenvalue weighted by Gasteiger charge is -2.49. The van der Waals surface area contributed by atoms with E-state index in [4.69, 9.17) is 9.84 Å². The Morgan fingerprint density at radius 2 is 1.84 bits per heavy atom. The second-order valence-corrected chi connectivity index (χ2v) is 11.1. The average Bonchev–Trinajstić information content (AvgIpc) is 2.78. The molecule has 2 aromatic rings. The highest BCUT2D eigenvalue weighted by atomic mass is 32.2. The van der Waals surface area contributed by atoms with E-state index >= 15 is 0 Å². The van der Waals surface area contributed by atoms with Crippen LogP contribution >= 0.6 is 0 Å². The Morgan fingerprint density at radius 3 is 2.41 bits per heavy atom. The van der Waals surface area contributed by atoms with Crippen LogP contribution in [0.2, 0.25) is 0 Å². The number of anilines is 1. The van der Waals surface area contributed by atoms with Gasteiger partial charge in [-0.05, 0) is 36.1 Å². The summed E-state index contributed by atoms with van der Waals surface area (Å²) in [4.78, 5) is 28.9. The van der Waals surface area contributed by atoms with Crippen molar-refractivity contribution in [3.63, 3.8) is 0 Å². The number of aryl methyl sites for hydroxylation is 1. The predicted octanol–water partition coefficient (Wildman–Crippen LogP) is 3.08. The summed E-state index contributed by atoms with van der Waals surface area (Å²) in [7, 11) is -3.15. The molecule has 0 saturated carbocycles. The SMILES string of the molecule is COC(CC(=O)O)S(=O)(=O)N1CC(C(=O)Nc2ccc(C)nc2OC(F)F)(c2ccccc2C(C)C)C1. The van der Waals surface area contributed by atoms with Gasteiger partial charge >= 0.3 is 12.6 Å². The number of halogens is 2. The molecule has 0 spiro atoms. The van der Waals surface area contributed by atoms with Crippen molar-refractivity contribution < 1.29 is 41.4 Å². The highest BCUT2D eigenvalue weighted by Gasteiger charge is 2.57. The molecule has 1 aromatic carbocycles. The largest absolute Gasteiger partial charge is 0.481 e. The molecule has 10 nitrogen and oxygen atoms in total. The molecule has 0 radical (unpaired) electrons. The van der Waals surface area contributed by atoms with Crippen molar-refractivity contribution in [2.45, 2.75) is 50.6 Å². The van der Waals surface area contributed by atoms with Crippen molar-refractivity contribution in [1.29, 1.82) is 0 Å². The van der Waals surface area contributed by atoms with Crippen LogP contribution in [0.1, 0.15) is 43.0 Å². The number of sulfonamides is 1. The predicted molar refractivity (Wildman–Crippen MR) is 130 cm³/mol. The van der Waals surface area contributed by atoms with Gasteiger partial charge in [-0.25, -0.2) is 13.4 Å². The van der Waals surface area contributed by atoms with E-state index in [1.165, 1.54) is 12.1 Å². The molecule has 1 aliphatic heterocycles. The minimum atomic E-state index is -4.24. The number of amides is 1. The lowest BCUT2D eigenvalue weighted by atomic mass is 9.71. The van der Waals surface area contributed by atoms with Crippen LogP contribution < -0.4 is 10.1 Å². The van der Waals surface area contributed by atoms with Crippen molar-refractivity contribution in [2.24, 2.45) is 0 Å². The fraction of sp³-hybridized carbons (Fsp3) is 0.458. The lowest BCUT2D eigenvalue weighted by Crippen LogP contribution is -2.67. The number of carbonyl (C=O) groups excluding carboxylic acids is 1. The fourth-order valence-corrected chi connectivity index (χ4v) is 6.00. The van der Waals surface area contributed by atoms with Crippen LogP contribution in [0.5, 0.6) is 5.88 Å². The molecule has 1 saturated heterocycles. The third-order valence-electron chi connectivity index (χ3n) is 6.17. The van der Waals surface area contributed by atoms with Gasteiger partial charge in [0.25, 0.3) is 0 Å². The molecule has 1 aromatic heterocycles. The third kappa shape index (κ3) is 5.89. The molecule has 0 bridgehead atoms. The normalized spacial score (nSPS) is 16.3. The Labute approximate surface area is 213 Å². The van der Waals surface area contributed by atoms with Crippen molar-refractivity contribution in [1.82, 2.24) is 9.29 Å². The second kappa shape index (κ2) is 11.1. The van der Waals surface area contributed by atoms with Crippen molar-refractivity contribution in [3.8, 4) is 5.88 Å². The van der Waals surface area contributed by atoms with Crippen molar-refractivity contribution >= 4 is 27.6 Å². The first-order valence-electron chi connectivity index (χ1n) is 11.4. The van der Waals surface area contributed by atoms with Crippen LogP contribution in [-0.4, -0.2) is 66.9 Å². The minimum absolute atomic E-state index is 0.0240. The summed E-state index contributed by atoms with van der Waals surface area (Å²) in [5, 5.41) is 11.7. The summed E-state index contributed by atoms with van der Waals surface area (Å²) in [6.45, 7) is 1.62. The van der Waals surface area contributed by atoms with Crippen molar-refractivity contribution in [3.05, 3.63) is 53.2 Å². The van der Waals surface area contributed by atoms with E-state index < -0.39 is 51.7 Å². The smallest absolute Gasteiger partial charge is 0.388 e. The molecule has 2 heterocycles. The number of carbonyl (C=O) groups is 2. The van der Waals surface area contributed by atoms with Crippen LogP contribution in [0.4, 0.5) is 14.5 Å². The standard InChI is InChI=1S/C24H29F2N3O7S/c1-14(2)16-7-5-6-8-17(16)24(12-29(13-24)37(33,34)20(35-4)11-19(30)31)22(32)28-18-10-9-15(3)27-21(18)36-23(25)26/h5-10,14,20,23H,11-13H2,1-4H3,(H,28,32)(H,30,31). The molecule has 13 heteroatoms. The maximum absolute atomic E-state index is 13.8. The number of methoxy groups -OCH3 is 1. The summed E-state index contributed by atoms with van der Waals surface area (Å²) in [6.07, 6.45) is -0.777. The Hall–Kier alpha value is -3.16. The van der Waals surface area contributed by atoms with E-state index in [-0.39, 0.29) is 24.7 Å². The molecule has 2 N–H and O–H groups in total. The van der Waals surface area contributed by atoms with E-state index in [1.807, 2.05) is 19.9 Å². The monoisotopic (exact) mass is 541 g/mol. The number of alkyl halides is 2. The van der Waals surface area contributed by atoms with Gasteiger partial charge in [0.15, 0.2) is 5.44 Å². The first-order chi connectivity index (χ1) is 17.3. The second-order valence-electron chi connectivity index (χ2n) is 9.04. The van der Waals surface area contributed by atoms with Gasteiger partial charge in [0.2, 0.25) is 21.8 Å². The van der Waals surface area contributed by atoms with Gasteiger partial charge < -0.3 is 19.9 Å². The van der Waals surface area contributed by atoms with Gasteiger partial charge in [-0.3, -0.25) is 9.59 Å². The van der Waals surface area contributed by atoms with E-state index in [9.17, 15) is 26.8 Å². The summed E-state index contributed by atoms with van der Waals surface area (Å²) in [5.41, 5.74) is -1.38. The lowest BCUT2D eigenvalue weighted by molar-refractivity contribution is -0.138. The summed E-state index contributed by atoms with van der Waals surface area (Å²) in [6, 6.07) is 9.94. The number of nitrogens with one attached hydrogen (secondary N) is 1. The molecule has 1 unspecified atom stereocenters. The van der Waals surface area contributed by atoms with Crippen LogP contribution in [0, 0.1) is 6.92 Å². The fourth-order valence-electron chi connectivity index (χ4n) is 4.27. The maximum atomic E-state index is 13.8. The zero-order valence-electron chi connectivity index (χ0n) is 20.8. The number of aromatic nitrogens is 1. The number of pyridine rings is 1. The number of rotatable bonds is 11. The molecular formula is C24H29F2N3O7S. The maximum Gasteiger partial charge on any atom is 0.388 e. The number of ether oxygens (including phenoxy) is 2. The van der Waals surface area contributed by atoms with Crippen molar-refractivity contribution in [2.75, 3.05) is 25.5 Å². The van der Waals surface area contributed by atoms with E-state index in [0.717, 1.165) is 17.0 Å². The molecular weight excluding hydrogens is 512 g/mol. The van der Waals surface area contributed by atoms with Gasteiger partial charge in [-0.1, -0.05) is 38.1 Å². The molecule has 1 fully saturated rings. The Kier molecular flexibility index (Phi) is 8.50. The van der Waals surface area contributed by atoms with Gasteiger partial charge in [-0.15, -0.1) is 0 Å². The number of hydrogen-bond acceptors (Lipinski definition) is 7. The zero-order chi connectivity index (χ0) is 27.5. The number of carboxylic acid groups (broad SMARTS) is 1. The minimum Gasteiger partial charge on any atom is -0.481 e. The van der Waals surface area contributed by atoms with Crippen LogP contribution in [0.25, 0.3) is 0 Å². The first kappa shape index (κ1) is 28.4. The molecule has 1 atom stereocenters. The van der Waals surface area contributed by atoms with E-state index in [2.05, 4.69) is 15.0 Å². The van der Waals surface area contributed by atoms with Crippen LogP contribution in [-0.2, 0) is 29.8 Å². The van der Waals surface area contributed by atoms with Gasteiger partial charge in [0, 0.05) is 25.9 Å². The van der Waals surface area contributed by atoms with Crippen LogP contribution in [0.15, 0.2) is 36.4 Å². The molecule has 1 amide bonds. The molecule has 1 aliphatic rings. The quantitative estimate of drug-likeness (QED) is 0.443. The molecule has 3 rings (SSSR count). The van der Waals surface area contributed by atoms with E-state index in [1.54, 1.807) is 25.1 Å². The Balaban J connectivity index is 2.03. The van der Waals surface area contributed by atoms with Gasteiger partial charge in [-0.2, -0.15) is 13.1 Å². The number of hydrogen-bond donors (Lipinski definition) is 2. The Morgan fingerprint density at radius 1 is 1.19 bits per heavy atom. The summed E-state index contributed by atoms with van der Waals surface area (Å²) < 4.78 is 62.5. The van der Waals surface area contributed by atoms with Gasteiger partial charge in [0.1, 0.15) is 11.1 Å². The number of nitrogens with zero attached hydrogens (tertiary/aromatic N) is 2. The third-order valence-corrected chi connectivity index (χ3v) is 8.17. The van der Waals surface area contributed by atoms with E-state index in [0.29, 0.717) is 11.3 Å². The highest BCUT2D eigenvalue weighted by Crippen LogP contribution is 2.42.